The summed E-state index contributed by atoms with van der Waals surface area (Å²) in [5, 5.41) is 6.19. The maximum Gasteiger partial charge on any atom is 0.251 e. The van der Waals surface area contributed by atoms with Gasteiger partial charge in [-0.25, -0.2) is 4.98 Å². The van der Waals surface area contributed by atoms with Crippen LogP contribution < -0.4 is 10.6 Å². The van der Waals surface area contributed by atoms with Crippen LogP contribution in [0.5, 0.6) is 0 Å². The van der Waals surface area contributed by atoms with Gasteiger partial charge in [-0.05, 0) is 36.8 Å². The predicted molar refractivity (Wildman–Crippen MR) is 108 cm³/mol. The van der Waals surface area contributed by atoms with Crippen LogP contribution in [0.3, 0.4) is 0 Å². The summed E-state index contributed by atoms with van der Waals surface area (Å²) in [6, 6.07) is 13.9. The maximum atomic E-state index is 12.5. The van der Waals surface area contributed by atoms with Crippen LogP contribution >= 0.6 is 11.6 Å². The molecule has 28 heavy (non-hydrogen) atoms. The lowest BCUT2D eigenvalue weighted by Gasteiger charge is -2.19. The van der Waals surface area contributed by atoms with Gasteiger partial charge in [0, 0.05) is 30.0 Å². The summed E-state index contributed by atoms with van der Waals surface area (Å²) in [5.41, 5.74) is 2.42. The van der Waals surface area contributed by atoms with Crippen LogP contribution in [-0.4, -0.2) is 27.9 Å². The van der Waals surface area contributed by atoms with Crippen molar-refractivity contribution in [3.8, 4) is 0 Å². The highest BCUT2D eigenvalue weighted by Crippen LogP contribution is 2.22. The normalized spacial score (nSPS) is 11.7. The molecule has 3 rings (SSSR count). The van der Waals surface area contributed by atoms with Gasteiger partial charge in [-0.3, -0.25) is 9.59 Å². The number of nitrogens with one attached hydrogen (secondary N) is 2. The van der Waals surface area contributed by atoms with Crippen LogP contribution in [0, 0.1) is 6.92 Å². The van der Waals surface area contributed by atoms with Gasteiger partial charge in [0.2, 0.25) is 5.91 Å². The molecule has 0 saturated carbocycles. The van der Waals surface area contributed by atoms with E-state index in [0.717, 1.165) is 11.1 Å². The highest BCUT2D eigenvalue weighted by Gasteiger charge is 2.21. The number of benzene rings is 2. The first kappa shape index (κ1) is 19.6. The fourth-order valence-electron chi connectivity index (χ4n) is 2.79. The molecule has 7 heteroatoms. The molecule has 2 N–H and O–H groups in total. The summed E-state index contributed by atoms with van der Waals surface area (Å²) in [5.74, 6) is 0.0686. The van der Waals surface area contributed by atoms with Crippen LogP contribution in [-0.2, 0) is 11.8 Å². The van der Waals surface area contributed by atoms with E-state index < -0.39 is 6.04 Å². The van der Waals surface area contributed by atoms with Gasteiger partial charge in [0.05, 0.1) is 6.54 Å². The largest absolute Gasteiger partial charge is 0.343 e. The smallest absolute Gasteiger partial charge is 0.251 e. The van der Waals surface area contributed by atoms with Crippen molar-refractivity contribution >= 4 is 23.4 Å². The zero-order valence-corrected chi connectivity index (χ0v) is 16.4. The van der Waals surface area contributed by atoms with E-state index in [-0.39, 0.29) is 18.4 Å². The Labute approximate surface area is 168 Å². The Balaban J connectivity index is 1.69. The van der Waals surface area contributed by atoms with Gasteiger partial charge >= 0.3 is 0 Å². The molecule has 0 saturated heterocycles. The zero-order valence-electron chi connectivity index (χ0n) is 15.6. The lowest BCUT2D eigenvalue weighted by atomic mass is 10.1. The summed E-state index contributed by atoms with van der Waals surface area (Å²) in [6.07, 6.45) is 3.48. The van der Waals surface area contributed by atoms with Crippen LogP contribution in [0.4, 0.5) is 0 Å². The molecule has 2 aromatic carbocycles. The van der Waals surface area contributed by atoms with Crippen molar-refractivity contribution in [2.24, 2.45) is 7.05 Å². The van der Waals surface area contributed by atoms with Crippen LogP contribution in [0.1, 0.15) is 33.4 Å². The van der Waals surface area contributed by atoms with Crippen molar-refractivity contribution in [3.05, 3.63) is 88.5 Å². The van der Waals surface area contributed by atoms with Gasteiger partial charge < -0.3 is 15.2 Å². The van der Waals surface area contributed by atoms with Crippen molar-refractivity contribution in [1.82, 2.24) is 20.2 Å². The number of hydrogen-bond acceptors (Lipinski definition) is 3. The molecule has 3 aromatic rings. The second-order valence-electron chi connectivity index (χ2n) is 6.50. The minimum atomic E-state index is -0.457. The van der Waals surface area contributed by atoms with Crippen molar-refractivity contribution in [2.45, 2.75) is 13.0 Å². The Hall–Kier alpha value is -3.12. The van der Waals surface area contributed by atoms with E-state index in [9.17, 15) is 9.59 Å². The molecule has 6 nitrogen and oxygen atoms in total. The molecular formula is C21H21ClN4O2. The summed E-state index contributed by atoms with van der Waals surface area (Å²) >= 11 is 5.98. The Morgan fingerprint density at radius 2 is 1.79 bits per heavy atom. The number of amides is 2. The van der Waals surface area contributed by atoms with Crippen molar-refractivity contribution in [3.63, 3.8) is 0 Å². The van der Waals surface area contributed by atoms with Crippen LogP contribution in [0.25, 0.3) is 0 Å². The lowest BCUT2D eigenvalue weighted by Crippen LogP contribution is -2.39. The number of rotatable bonds is 6. The second-order valence-corrected chi connectivity index (χ2v) is 6.93. The van der Waals surface area contributed by atoms with Crippen molar-refractivity contribution in [1.29, 1.82) is 0 Å². The molecule has 0 aliphatic rings. The predicted octanol–water partition coefficient (Wildman–Crippen LogP) is 3.02. The minimum Gasteiger partial charge on any atom is -0.343 e. The first-order valence-electron chi connectivity index (χ1n) is 8.81. The molecule has 0 unspecified atom stereocenters. The van der Waals surface area contributed by atoms with E-state index in [1.807, 2.05) is 49.0 Å². The quantitative estimate of drug-likeness (QED) is 0.672. The minimum absolute atomic E-state index is 0.138. The highest BCUT2D eigenvalue weighted by atomic mass is 35.5. The van der Waals surface area contributed by atoms with E-state index in [1.165, 1.54) is 0 Å². The first-order chi connectivity index (χ1) is 13.4. The number of aromatic nitrogens is 2. The molecule has 0 aliphatic heterocycles. The molecule has 1 heterocycles. The average molecular weight is 397 g/mol. The number of carbonyl (C=O) groups is 2. The van der Waals surface area contributed by atoms with Gasteiger partial charge in [-0.1, -0.05) is 41.4 Å². The van der Waals surface area contributed by atoms with Crippen LogP contribution in [0.15, 0.2) is 60.9 Å². The fraction of sp³-hybridized carbons (Fsp3) is 0.190. The monoisotopic (exact) mass is 396 g/mol. The molecule has 1 aromatic heterocycles. The van der Waals surface area contributed by atoms with Crippen molar-refractivity contribution in [2.75, 3.05) is 6.54 Å². The molecule has 1 atom stereocenters. The third-order valence-corrected chi connectivity index (χ3v) is 4.60. The van der Waals surface area contributed by atoms with E-state index >= 15 is 0 Å². The standard InChI is InChI=1S/C21H21ClN4O2/c1-14-3-5-16(6-4-14)21(28)24-13-18(27)25-19(20-23-11-12-26(20)2)15-7-9-17(22)10-8-15/h3-12,19H,13H2,1-2H3,(H,24,28)(H,25,27)/t19-/m1/s1. The highest BCUT2D eigenvalue weighted by molar-refractivity contribution is 6.30. The number of imidazole rings is 1. The molecule has 0 bridgehead atoms. The lowest BCUT2D eigenvalue weighted by molar-refractivity contribution is -0.120. The van der Waals surface area contributed by atoms with E-state index in [4.69, 9.17) is 11.6 Å². The maximum absolute atomic E-state index is 12.5. The molecular weight excluding hydrogens is 376 g/mol. The van der Waals surface area contributed by atoms with Gasteiger partial charge in [0.1, 0.15) is 11.9 Å². The Kier molecular flexibility index (Phi) is 6.11. The molecule has 0 aliphatic carbocycles. The third kappa shape index (κ3) is 4.78. The Morgan fingerprint density at radius 1 is 1.11 bits per heavy atom. The fourth-order valence-corrected chi connectivity index (χ4v) is 2.91. The topological polar surface area (TPSA) is 76.0 Å². The number of hydrogen-bond donors (Lipinski definition) is 2. The molecule has 2 amide bonds. The van der Waals surface area contributed by atoms with E-state index in [1.54, 1.807) is 30.5 Å². The Bertz CT molecular complexity index is 965. The summed E-state index contributed by atoms with van der Waals surface area (Å²) in [7, 11) is 1.86. The van der Waals surface area contributed by atoms with Gasteiger partial charge in [0.25, 0.3) is 5.91 Å². The SMILES string of the molecule is Cc1ccc(C(=O)NCC(=O)N[C@H](c2ccc(Cl)cc2)c2nccn2C)cc1. The molecule has 0 spiro atoms. The number of aryl methyl sites for hydroxylation is 2. The van der Waals surface area contributed by atoms with Gasteiger partial charge in [-0.15, -0.1) is 0 Å². The van der Waals surface area contributed by atoms with Crippen LogP contribution in [0.2, 0.25) is 5.02 Å². The van der Waals surface area contributed by atoms with Crippen molar-refractivity contribution < 1.29 is 9.59 Å². The molecule has 0 fully saturated rings. The number of nitrogens with zero attached hydrogens (tertiary/aromatic N) is 2. The average Bonchev–Trinajstić information content (AvgIpc) is 3.11. The summed E-state index contributed by atoms with van der Waals surface area (Å²) < 4.78 is 1.84. The molecule has 144 valence electrons. The first-order valence-corrected chi connectivity index (χ1v) is 9.19. The summed E-state index contributed by atoms with van der Waals surface area (Å²) in [4.78, 5) is 29.1. The zero-order chi connectivity index (χ0) is 20.1. The van der Waals surface area contributed by atoms with E-state index in [2.05, 4.69) is 15.6 Å². The number of halogens is 1. The number of carbonyl (C=O) groups excluding carboxylic acids is 2. The van der Waals surface area contributed by atoms with E-state index in [0.29, 0.717) is 16.4 Å². The summed E-state index contributed by atoms with van der Waals surface area (Å²) in [6.45, 7) is 1.81. The van der Waals surface area contributed by atoms with Gasteiger partial charge in [-0.2, -0.15) is 0 Å². The third-order valence-electron chi connectivity index (χ3n) is 4.35. The second kappa shape index (κ2) is 8.71. The van der Waals surface area contributed by atoms with Gasteiger partial charge in [0.15, 0.2) is 0 Å². The molecule has 0 radical (unpaired) electrons. The Morgan fingerprint density at radius 3 is 2.39 bits per heavy atom.